The number of unbranched alkanes of at least 4 members (excludes halogenated alkanes) is 30. The summed E-state index contributed by atoms with van der Waals surface area (Å²) >= 11 is 0. The molecule has 6 heteroatoms. The van der Waals surface area contributed by atoms with E-state index in [-0.39, 0.29) is 24.9 Å². The van der Waals surface area contributed by atoms with E-state index in [2.05, 4.69) is 62.5 Å². The molecule has 0 aliphatic rings. The molecule has 0 aliphatic heterocycles. The third-order valence-electron chi connectivity index (χ3n) is 12.2. The third-order valence-corrected chi connectivity index (χ3v) is 12.2. The van der Waals surface area contributed by atoms with Gasteiger partial charge in [0.05, 0.1) is 25.2 Å². The minimum Gasteiger partial charge on any atom is -0.462 e. The van der Waals surface area contributed by atoms with E-state index in [0.29, 0.717) is 19.3 Å². The highest BCUT2D eigenvalue weighted by Crippen LogP contribution is 2.18. The topological polar surface area (TPSA) is 95.9 Å². The Balaban J connectivity index is 4.57. The molecule has 0 spiro atoms. The number of aliphatic hydroxyl groups excluding tert-OH is 2. The SMILES string of the molecule is CC/C=C/C/C=C/C/C=C/CCCCCCC(CC(=O)NC(CO)C(O)CCCCCCCCCCCCCC)OC(=O)CCCCCCCCCCCCCCCCCC. The lowest BCUT2D eigenvalue weighted by Crippen LogP contribution is -2.46. The molecule has 3 unspecified atom stereocenters. The minimum atomic E-state index is -0.791. The van der Waals surface area contributed by atoms with Crippen LogP contribution in [-0.2, 0) is 14.3 Å². The summed E-state index contributed by atoms with van der Waals surface area (Å²) in [6.07, 6.45) is 57.8. The Morgan fingerprint density at radius 1 is 0.492 bits per heavy atom. The van der Waals surface area contributed by atoms with Crippen molar-refractivity contribution in [2.24, 2.45) is 0 Å². The molecule has 0 aliphatic carbocycles. The summed E-state index contributed by atoms with van der Waals surface area (Å²) in [7, 11) is 0. The van der Waals surface area contributed by atoms with E-state index >= 15 is 0 Å². The van der Waals surface area contributed by atoms with Gasteiger partial charge in [-0.15, -0.1) is 0 Å². The number of rotatable bonds is 48. The Morgan fingerprint density at radius 2 is 0.885 bits per heavy atom. The van der Waals surface area contributed by atoms with Gasteiger partial charge in [-0.05, 0) is 57.8 Å². The van der Waals surface area contributed by atoms with Crippen LogP contribution in [0.3, 0.4) is 0 Å². The Kier molecular flexibility index (Phi) is 47.6. The average molecular weight is 858 g/mol. The molecule has 0 saturated carbocycles. The quantitative estimate of drug-likeness (QED) is 0.0322. The van der Waals surface area contributed by atoms with Crippen LogP contribution in [0.15, 0.2) is 36.5 Å². The van der Waals surface area contributed by atoms with Crippen LogP contribution in [0.1, 0.15) is 278 Å². The number of amides is 1. The lowest BCUT2D eigenvalue weighted by Gasteiger charge is -2.24. The second kappa shape index (κ2) is 49.1. The van der Waals surface area contributed by atoms with Crippen LogP contribution in [0.5, 0.6) is 0 Å². The standard InChI is InChI=1S/C55H103NO5/c1-4-7-10-13-16-19-22-25-27-28-30-33-36-39-42-45-48-55(60)61-51(46-43-40-37-34-31-29-26-23-20-17-14-11-8-5-2)49-54(59)56-52(50-57)53(58)47-44-41-38-35-32-24-21-18-15-12-9-6-3/h8,11,17,20,26,29,51-53,57-58H,4-7,9-10,12-16,18-19,21-25,27-28,30-50H2,1-3H3,(H,56,59)/b11-8+,20-17+,29-26+. The first kappa shape index (κ1) is 59.1. The van der Waals surface area contributed by atoms with Crippen LogP contribution >= 0.6 is 0 Å². The van der Waals surface area contributed by atoms with Crippen molar-refractivity contribution in [1.82, 2.24) is 5.32 Å². The molecular formula is C55H103NO5. The second-order valence-corrected chi connectivity index (χ2v) is 18.3. The number of aliphatic hydroxyl groups is 2. The van der Waals surface area contributed by atoms with Crippen molar-refractivity contribution in [3.63, 3.8) is 0 Å². The molecule has 6 nitrogen and oxygen atoms in total. The Hall–Kier alpha value is -1.92. The summed E-state index contributed by atoms with van der Waals surface area (Å²) in [6.45, 7) is 6.38. The van der Waals surface area contributed by atoms with Crippen LogP contribution < -0.4 is 5.32 Å². The predicted octanol–water partition coefficient (Wildman–Crippen LogP) is 16.1. The van der Waals surface area contributed by atoms with E-state index in [0.717, 1.165) is 89.9 Å². The van der Waals surface area contributed by atoms with Gasteiger partial charge in [-0.2, -0.15) is 0 Å². The molecule has 3 N–H and O–H groups in total. The van der Waals surface area contributed by atoms with E-state index in [1.54, 1.807) is 0 Å². The normalized spacial score (nSPS) is 13.5. The van der Waals surface area contributed by atoms with Crippen molar-refractivity contribution in [3.8, 4) is 0 Å². The Bertz CT molecular complexity index is 1010. The molecule has 0 radical (unpaired) electrons. The number of carbonyl (C=O) groups is 2. The summed E-state index contributed by atoms with van der Waals surface area (Å²) in [6, 6.07) is -0.705. The van der Waals surface area contributed by atoms with Gasteiger partial charge < -0.3 is 20.3 Å². The Labute approximate surface area is 379 Å². The molecule has 3 atom stereocenters. The molecule has 0 bridgehead atoms. The first-order valence-corrected chi connectivity index (χ1v) is 26.7. The monoisotopic (exact) mass is 858 g/mol. The van der Waals surface area contributed by atoms with Crippen molar-refractivity contribution >= 4 is 11.9 Å². The van der Waals surface area contributed by atoms with Crippen LogP contribution in [0, 0.1) is 0 Å². The predicted molar refractivity (Wildman–Crippen MR) is 264 cm³/mol. The molecule has 0 aromatic rings. The van der Waals surface area contributed by atoms with Crippen molar-refractivity contribution in [2.45, 2.75) is 296 Å². The van der Waals surface area contributed by atoms with Crippen molar-refractivity contribution < 1.29 is 24.5 Å². The fraction of sp³-hybridized carbons (Fsp3) is 0.855. The summed E-state index contributed by atoms with van der Waals surface area (Å²) in [5.41, 5.74) is 0. The summed E-state index contributed by atoms with van der Waals surface area (Å²) < 4.78 is 5.94. The van der Waals surface area contributed by atoms with Crippen molar-refractivity contribution in [3.05, 3.63) is 36.5 Å². The number of hydrogen-bond donors (Lipinski definition) is 3. The van der Waals surface area contributed by atoms with Crippen molar-refractivity contribution in [2.75, 3.05) is 6.61 Å². The summed E-state index contributed by atoms with van der Waals surface area (Å²) in [5, 5.41) is 23.8. The van der Waals surface area contributed by atoms with Gasteiger partial charge in [-0.3, -0.25) is 9.59 Å². The van der Waals surface area contributed by atoms with Crippen molar-refractivity contribution in [1.29, 1.82) is 0 Å². The van der Waals surface area contributed by atoms with E-state index in [9.17, 15) is 19.8 Å². The third kappa shape index (κ3) is 44.5. The summed E-state index contributed by atoms with van der Waals surface area (Å²) in [5.74, 6) is -0.483. The molecule has 61 heavy (non-hydrogen) atoms. The Morgan fingerprint density at radius 3 is 1.34 bits per heavy atom. The van der Waals surface area contributed by atoms with Crippen LogP contribution in [0.4, 0.5) is 0 Å². The molecule has 0 aromatic carbocycles. The van der Waals surface area contributed by atoms with Gasteiger partial charge in [0, 0.05) is 6.42 Å². The lowest BCUT2D eigenvalue weighted by atomic mass is 10.0. The zero-order chi connectivity index (χ0) is 44.5. The molecule has 0 rings (SSSR count). The van der Waals surface area contributed by atoms with Gasteiger partial charge in [-0.25, -0.2) is 0 Å². The molecule has 1 amide bonds. The number of nitrogens with one attached hydrogen (secondary N) is 1. The summed E-state index contributed by atoms with van der Waals surface area (Å²) in [4.78, 5) is 26.2. The highest BCUT2D eigenvalue weighted by atomic mass is 16.5. The van der Waals surface area contributed by atoms with Gasteiger partial charge in [0.1, 0.15) is 6.10 Å². The smallest absolute Gasteiger partial charge is 0.306 e. The van der Waals surface area contributed by atoms with E-state index in [4.69, 9.17) is 4.74 Å². The number of ether oxygens (including phenoxy) is 1. The van der Waals surface area contributed by atoms with Gasteiger partial charge in [-0.1, -0.05) is 243 Å². The van der Waals surface area contributed by atoms with Crippen LogP contribution in [-0.4, -0.2) is 46.9 Å². The van der Waals surface area contributed by atoms with Gasteiger partial charge in [0.25, 0.3) is 0 Å². The molecule has 0 heterocycles. The number of hydrogen-bond acceptors (Lipinski definition) is 5. The van der Waals surface area contributed by atoms with E-state index < -0.39 is 18.2 Å². The highest BCUT2D eigenvalue weighted by molar-refractivity contribution is 5.77. The molecule has 358 valence electrons. The first-order chi connectivity index (χ1) is 30.0. The fourth-order valence-corrected chi connectivity index (χ4v) is 8.21. The van der Waals surface area contributed by atoms with E-state index in [1.807, 2.05) is 0 Å². The number of carbonyl (C=O) groups excluding carboxylic acids is 2. The molecular weight excluding hydrogens is 755 g/mol. The average Bonchev–Trinajstić information content (AvgIpc) is 3.25. The first-order valence-electron chi connectivity index (χ1n) is 26.7. The van der Waals surface area contributed by atoms with Gasteiger partial charge in [0.2, 0.25) is 5.91 Å². The molecule has 0 saturated heterocycles. The highest BCUT2D eigenvalue weighted by Gasteiger charge is 2.24. The maximum absolute atomic E-state index is 13.2. The second-order valence-electron chi connectivity index (χ2n) is 18.3. The molecule has 0 aromatic heterocycles. The minimum absolute atomic E-state index is 0.0665. The zero-order valence-electron chi connectivity index (χ0n) is 40.8. The number of allylic oxidation sites excluding steroid dienone is 6. The van der Waals surface area contributed by atoms with Gasteiger partial charge in [0.15, 0.2) is 0 Å². The lowest BCUT2D eigenvalue weighted by molar-refractivity contribution is -0.151. The zero-order valence-corrected chi connectivity index (χ0v) is 40.8. The fourth-order valence-electron chi connectivity index (χ4n) is 8.21. The number of esters is 1. The van der Waals surface area contributed by atoms with Gasteiger partial charge >= 0.3 is 5.97 Å². The van der Waals surface area contributed by atoms with Crippen LogP contribution in [0.25, 0.3) is 0 Å². The largest absolute Gasteiger partial charge is 0.462 e. The molecule has 0 fully saturated rings. The van der Waals surface area contributed by atoms with E-state index in [1.165, 1.54) is 141 Å². The maximum Gasteiger partial charge on any atom is 0.306 e. The maximum atomic E-state index is 13.2. The van der Waals surface area contributed by atoms with Crippen LogP contribution in [0.2, 0.25) is 0 Å².